The molecule has 0 atom stereocenters. The predicted molar refractivity (Wildman–Crippen MR) is 57.2 cm³/mol. The Hall–Kier alpha value is -0.780. The Balaban J connectivity index is 3.01. The molecular weight excluding hydrogens is 283 g/mol. The molecule has 1 aromatic rings. The summed E-state index contributed by atoms with van der Waals surface area (Å²) in [6.07, 6.45) is -0.0350. The number of carbonyl (C=O) groups is 1. The molecule has 0 aliphatic heterocycles. The summed E-state index contributed by atoms with van der Waals surface area (Å²) in [6.45, 7) is 0. The number of carboxylic acids is 1. The molecule has 70 valence electrons. The van der Waals surface area contributed by atoms with E-state index < -0.39 is 5.97 Å². The van der Waals surface area contributed by atoms with Gasteiger partial charge in [-0.1, -0.05) is 28.7 Å². The molecule has 0 aromatic heterocycles. The summed E-state index contributed by atoms with van der Waals surface area (Å²) in [5, 5.41) is 17.7. The number of halogens is 1. The zero-order chi connectivity index (χ0) is 9.84. The number of aliphatic carboxylic acids is 1. The number of phenols is 1. The average molecular weight is 292 g/mol. The molecule has 0 amide bonds. The van der Waals surface area contributed by atoms with Crippen LogP contribution in [0.15, 0.2) is 18.2 Å². The van der Waals surface area contributed by atoms with E-state index in [2.05, 4.69) is 22.6 Å². The van der Waals surface area contributed by atoms with Crippen molar-refractivity contribution in [2.24, 2.45) is 0 Å². The highest BCUT2D eigenvalue weighted by Crippen LogP contribution is 2.19. The van der Waals surface area contributed by atoms with Crippen LogP contribution in [0.1, 0.15) is 11.1 Å². The number of aromatic hydroxyl groups is 1. The molecule has 0 saturated carbocycles. The fourth-order valence-electron chi connectivity index (χ4n) is 1.07. The van der Waals surface area contributed by atoms with E-state index in [0.717, 1.165) is 9.99 Å². The van der Waals surface area contributed by atoms with Gasteiger partial charge in [-0.15, -0.1) is 0 Å². The van der Waals surface area contributed by atoms with Crippen molar-refractivity contribution in [3.05, 3.63) is 29.3 Å². The number of rotatable bonds is 3. The fraction of sp³-hybridized carbons (Fsp3) is 0.222. The molecule has 0 radical (unpaired) electrons. The van der Waals surface area contributed by atoms with Crippen LogP contribution in [0.5, 0.6) is 5.75 Å². The van der Waals surface area contributed by atoms with Gasteiger partial charge in [0.1, 0.15) is 5.75 Å². The van der Waals surface area contributed by atoms with Gasteiger partial charge in [-0.3, -0.25) is 4.79 Å². The monoisotopic (exact) mass is 292 g/mol. The van der Waals surface area contributed by atoms with Gasteiger partial charge in [-0.2, -0.15) is 0 Å². The van der Waals surface area contributed by atoms with Gasteiger partial charge in [0.2, 0.25) is 0 Å². The van der Waals surface area contributed by atoms with E-state index in [9.17, 15) is 4.79 Å². The van der Waals surface area contributed by atoms with Crippen molar-refractivity contribution in [3.8, 4) is 5.75 Å². The van der Waals surface area contributed by atoms with Crippen molar-refractivity contribution in [2.75, 3.05) is 0 Å². The summed E-state index contributed by atoms with van der Waals surface area (Å²) in [7, 11) is 0. The molecule has 0 spiro atoms. The highest BCUT2D eigenvalue weighted by molar-refractivity contribution is 14.1. The Kier molecular flexibility index (Phi) is 3.53. The van der Waals surface area contributed by atoms with Crippen LogP contribution in [-0.4, -0.2) is 16.2 Å². The Morgan fingerprint density at radius 1 is 1.38 bits per heavy atom. The summed E-state index contributed by atoms with van der Waals surface area (Å²) < 4.78 is 0.751. The molecule has 0 fully saturated rings. The smallest absolute Gasteiger partial charge is 0.307 e. The lowest BCUT2D eigenvalue weighted by molar-refractivity contribution is -0.136. The Morgan fingerprint density at radius 2 is 2.08 bits per heavy atom. The lowest BCUT2D eigenvalue weighted by Crippen LogP contribution is -2.02. The second-order valence-corrected chi connectivity index (χ2v) is 3.42. The minimum atomic E-state index is -0.878. The largest absolute Gasteiger partial charge is 0.508 e. The van der Waals surface area contributed by atoms with Crippen LogP contribution in [0, 0.1) is 0 Å². The number of hydrogen-bond acceptors (Lipinski definition) is 2. The van der Waals surface area contributed by atoms with Crippen LogP contribution in [0.3, 0.4) is 0 Å². The second-order valence-electron chi connectivity index (χ2n) is 2.66. The van der Waals surface area contributed by atoms with Gasteiger partial charge in [0, 0.05) is 4.43 Å². The molecule has 0 heterocycles. The molecule has 0 aliphatic rings. The first-order chi connectivity index (χ1) is 6.13. The van der Waals surface area contributed by atoms with Gasteiger partial charge in [-0.25, -0.2) is 0 Å². The van der Waals surface area contributed by atoms with Crippen molar-refractivity contribution in [1.82, 2.24) is 0 Å². The molecule has 1 rings (SSSR count). The summed E-state index contributed by atoms with van der Waals surface area (Å²) >= 11 is 2.16. The fourth-order valence-corrected chi connectivity index (χ4v) is 1.81. The highest BCUT2D eigenvalue weighted by Gasteiger charge is 2.06. The SMILES string of the molecule is O=C(O)Cc1cc(O)ccc1CI. The molecule has 3 nitrogen and oxygen atoms in total. The minimum absolute atomic E-state index is 0.0350. The number of phenolic OH excluding ortho intramolecular Hbond substituents is 1. The quantitative estimate of drug-likeness (QED) is 0.661. The van der Waals surface area contributed by atoms with Crippen molar-refractivity contribution in [1.29, 1.82) is 0 Å². The van der Waals surface area contributed by atoms with Crippen LogP contribution in [0.2, 0.25) is 0 Å². The third-order valence-corrected chi connectivity index (χ3v) is 2.50. The second kappa shape index (κ2) is 4.45. The van der Waals surface area contributed by atoms with E-state index in [0.29, 0.717) is 5.56 Å². The lowest BCUT2D eigenvalue weighted by atomic mass is 10.1. The maximum Gasteiger partial charge on any atom is 0.307 e. The molecule has 0 saturated heterocycles. The molecular formula is C9H9IO3. The number of carboxylic acid groups (broad SMARTS) is 1. The van der Waals surface area contributed by atoms with Crippen LogP contribution >= 0.6 is 22.6 Å². The maximum absolute atomic E-state index is 10.5. The topological polar surface area (TPSA) is 57.5 Å². The van der Waals surface area contributed by atoms with Crippen molar-refractivity contribution >= 4 is 28.6 Å². The van der Waals surface area contributed by atoms with Crippen LogP contribution < -0.4 is 0 Å². The summed E-state index contributed by atoms with van der Waals surface area (Å²) in [5.41, 5.74) is 1.64. The first kappa shape index (κ1) is 10.3. The minimum Gasteiger partial charge on any atom is -0.508 e. The summed E-state index contributed by atoms with van der Waals surface area (Å²) in [6, 6.07) is 4.82. The predicted octanol–water partition coefficient (Wildman–Crippen LogP) is 1.95. The molecule has 0 aliphatic carbocycles. The highest BCUT2D eigenvalue weighted by atomic mass is 127. The van der Waals surface area contributed by atoms with E-state index in [1.54, 1.807) is 12.1 Å². The first-order valence-electron chi connectivity index (χ1n) is 3.72. The van der Waals surface area contributed by atoms with Crippen LogP contribution in [-0.2, 0) is 15.6 Å². The molecule has 0 bridgehead atoms. The molecule has 2 N–H and O–H groups in total. The Morgan fingerprint density at radius 3 is 2.62 bits per heavy atom. The number of benzene rings is 1. The van der Waals surface area contributed by atoms with Crippen LogP contribution in [0.4, 0.5) is 0 Å². The van der Waals surface area contributed by atoms with E-state index in [4.69, 9.17) is 10.2 Å². The normalized spacial score (nSPS) is 9.92. The van der Waals surface area contributed by atoms with Crippen molar-refractivity contribution in [2.45, 2.75) is 10.8 Å². The van der Waals surface area contributed by atoms with E-state index in [1.165, 1.54) is 6.07 Å². The summed E-state index contributed by atoms with van der Waals surface area (Å²) in [4.78, 5) is 10.5. The van der Waals surface area contributed by atoms with E-state index >= 15 is 0 Å². The van der Waals surface area contributed by atoms with Gasteiger partial charge >= 0.3 is 5.97 Å². The van der Waals surface area contributed by atoms with Gasteiger partial charge in [0.05, 0.1) is 6.42 Å². The van der Waals surface area contributed by atoms with Gasteiger partial charge in [-0.05, 0) is 23.3 Å². The Bertz CT molecular complexity index is 323. The third-order valence-electron chi connectivity index (χ3n) is 1.68. The number of hydrogen-bond donors (Lipinski definition) is 2. The van der Waals surface area contributed by atoms with Crippen molar-refractivity contribution in [3.63, 3.8) is 0 Å². The average Bonchev–Trinajstić information content (AvgIpc) is 2.03. The molecule has 0 unspecified atom stereocenters. The molecule has 4 heteroatoms. The van der Waals surface area contributed by atoms with Gasteiger partial charge in [0.25, 0.3) is 0 Å². The standard InChI is InChI=1S/C9H9IO3/c10-5-6-1-2-8(11)3-7(6)4-9(12)13/h1-3,11H,4-5H2,(H,12,13). The molecule has 13 heavy (non-hydrogen) atoms. The van der Waals surface area contributed by atoms with Gasteiger partial charge < -0.3 is 10.2 Å². The van der Waals surface area contributed by atoms with Crippen molar-refractivity contribution < 1.29 is 15.0 Å². The van der Waals surface area contributed by atoms with Gasteiger partial charge in [0.15, 0.2) is 0 Å². The zero-order valence-corrected chi connectivity index (χ0v) is 8.98. The first-order valence-corrected chi connectivity index (χ1v) is 5.24. The maximum atomic E-state index is 10.5. The van der Waals surface area contributed by atoms with Crippen LogP contribution in [0.25, 0.3) is 0 Å². The van der Waals surface area contributed by atoms with E-state index in [-0.39, 0.29) is 12.2 Å². The third kappa shape index (κ3) is 2.87. The Labute approximate surface area is 89.5 Å². The number of alkyl halides is 1. The zero-order valence-electron chi connectivity index (χ0n) is 6.83. The lowest BCUT2D eigenvalue weighted by Gasteiger charge is -2.04. The molecule has 1 aromatic carbocycles. The summed E-state index contributed by atoms with van der Waals surface area (Å²) in [5.74, 6) is -0.762. The van der Waals surface area contributed by atoms with E-state index in [1.807, 2.05) is 0 Å².